The monoisotopic (exact) mass is 515 g/mol. The number of rotatable bonds is 10. The second-order valence-corrected chi connectivity index (χ2v) is 10.7. The third-order valence-corrected chi connectivity index (χ3v) is 8.53. The fourth-order valence-corrected chi connectivity index (χ4v) is 6.34. The van der Waals surface area contributed by atoms with Crippen LogP contribution in [-0.2, 0) is 6.54 Å². The van der Waals surface area contributed by atoms with Gasteiger partial charge in [0.2, 0.25) is 0 Å². The van der Waals surface area contributed by atoms with Gasteiger partial charge in [0.05, 0.1) is 6.17 Å². The predicted molar refractivity (Wildman–Crippen MR) is 157 cm³/mol. The van der Waals surface area contributed by atoms with Crippen LogP contribution >= 0.6 is 0 Å². The standard InChI is InChI=1S/C31H45N7/c1-3-34(4-2)18-11-21-37-29-15-8-6-13-27(29)30(32)38(31(37)33)26-16-22-35(23-17-26)24-25-12-5-7-14-28(25)36-19-9-10-20-36/h5-10,12-15,19-20,26,30-31H,3-4,11,16-18,21-24,32-33H2,1-2H3. The van der Waals surface area contributed by atoms with E-state index in [1.54, 1.807) is 0 Å². The molecule has 7 nitrogen and oxygen atoms in total. The van der Waals surface area contributed by atoms with Gasteiger partial charge in [-0.3, -0.25) is 10.6 Å². The summed E-state index contributed by atoms with van der Waals surface area (Å²) in [6, 6.07) is 21.8. The molecule has 0 bridgehead atoms. The number of aromatic nitrogens is 1. The summed E-state index contributed by atoms with van der Waals surface area (Å²) in [5, 5.41) is 0. The summed E-state index contributed by atoms with van der Waals surface area (Å²) in [5.41, 5.74) is 19.0. The van der Waals surface area contributed by atoms with Gasteiger partial charge in [0.25, 0.3) is 0 Å². The summed E-state index contributed by atoms with van der Waals surface area (Å²) in [7, 11) is 0. The van der Waals surface area contributed by atoms with E-state index in [9.17, 15) is 0 Å². The van der Waals surface area contributed by atoms with Crippen LogP contribution in [0.1, 0.15) is 50.4 Å². The average molecular weight is 516 g/mol. The minimum Gasteiger partial charge on any atom is -0.343 e. The Hall–Kier alpha value is -2.68. The molecule has 0 spiro atoms. The molecule has 0 radical (unpaired) electrons. The summed E-state index contributed by atoms with van der Waals surface area (Å²) in [4.78, 5) is 9.84. The third-order valence-electron chi connectivity index (χ3n) is 8.53. The highest BCUT2D eigenvalue weighted by Gasteiger charge is 2.40. The van der Waals surface area contributed by atoms with E-state index in [1.807, 2.05) is 0 Å². The zero-order chi connectivity index (χ0) is 26.5. The van der Waals surface area contributed by atoms with Crippen LogP contribution in [0.3, 0.4) is 0 Å². The number of piperidine rings is 1. The Bertz CT molecular complexity index is 1130. The van der Waals surface area contributed by atoms with Crippen LogP contribution in [-0.4, -0.2) is 70.9 Å². The van der Waals surface area contributed by atoms with Crippen molar-refractivity contribution in [2.45, 2.75) is 58.2 Å². The van der Waals surface area contributed by atoms with Crippen molar-refractivity contribution in [3.63, 3.8) is 0 Å². The molecule has 2 unspecified atom stereocenters. The quantitative estimate of drug-likeness (QED) is 0.422. The molecule has 4 N–H and O–H groups in total. The number of para-hydroxylation sites is 2. The van der Waals surface area contributed by atoms with Crippen molar-refractivity contribution < 1.29 is 0 Å². The van der Waals surface area contributed by atoms with E-state index in [0.717, 1.165) is 65.1 Å². The Balaban J connectivity index is 1.26. The lowest BCUT2D eigenvalue weighted by molar-refractivity contribution is 0.0283. The normalized spacial score (nSPS) is 21.2. The molecule has 3 heterocycles. The Morgan fingerprint density at radius 3 is 2.21 bits per heavy atom. The molecule has 38 heavy (non-hydrogen) atoms. The number of benzene rings is 2. The Morgan fingerprint density at radius 2 is 1.50 bits per heavy atom. The van der Waals surface area contributed by atoms with Crippen molar-refractivity contribution in [1.82, 2.24) is 19.3 Å². The molecule has 2 atom stereocenters. The van der Waals surface area contributed by atoms with Gasteiger partial charge in [-0.15, -0.1) is 0 Å². The molecule has 1 saturated heterocycles. The van der Waals surface area contributed by atoms with Crippen molar-refractivity contribution in [1.29, 1.82) is 0 Å². The summed E-state index contributed by atoms with van der Waals surface area (Å²) in [5.74, 6) is 0. The molecule has 2 aromatic carbocycles. The average Bonchev–Trinajstić information content (AvgIpc) is 3.49. The fourth-order valence-electron chi connectivity index (χ4n) is 6.34. The van der Waals surface area contributed by atoms with Gasteiger partial charge in [0.1, 0.15) is 6.29 Å². The van der Waals surface area contributed by atoms with Crippen LogP contribution in [0.4, 0.5) is 5.69 Å². The first-order valence-electron chi connectivity index (χ1n) is 14.4. The maximum absolute atomic E-state index is 7.02. The highest BCUT2D eigenvalue weighted by atomic mass is 15.5. The molecule has 1 aromatic heterocycles. The second kappa shape index (κ2) is 12.5. The Labute approximate surface area is 228 Å². The van der Waals surface area contributed by atoms with Crippen molar-refractivity contribution in [3.05, 3.63) is 84.2 Å². The SMILES string of the molecule is CCN(CC)CCCN1c2ccccc2C(N)N(C2CCN(Cc3ccccc3-n3cccc3)CC2)C1N. The zero-order valence-corrected chi connectivity index (χ0v) is 23.1. The Kier molecular flexibility index (Phi) is 8.82. The van der Waals surface area contributed by atoms with Crippen LogP contribution in [0.2, 0.25) is 0 Å². The zero-order valence-electron chi connectivity index (χ0n) is 23.1. The van der Waals surface area contributed by atoms with E-state index >= 15 is 0 Å². The van der Waals surface area contributed by atoms with Gasteiger partial charge >= 0.3 is 0 Å². The van der Waals surface area contributed by atoms with Crippen LogP contribution < -0.4 is 16.4 Å². The first kappa shape index (κ1) is 26.9. The molecule has 7 heteroatoms. The molecule has 2 aliphatic heterocycles. The Morgan fingerprint density at radius 1 is 0.842 bits per heavy atom. The van der Waals surface area contributed by atoms with Crippen molar-refractivity contribution >= 4 is 5.69 Å². The van der Waals surface area contributed by atoms with Crippen molar-refractivity contribution in [3.8, 4) is 5.69 Å². The molecule has 5 rings (SSSR count). The summed E-state index contributed by atoms with van der Waals surface area (Å²) in [6.45, 7) is 11.7. The minimum atomic E-state index is -0.206. The molecule has 3 aromatic rings. The van der Waals surface area contributed by atoms with Crippen LogP contribution in [0.25, 0.3) is 5.69 Å². The lowest BCUT2D eigenvalue weighted by Crippen LogP contribution is -2.64. The van der Waals surface area contributed by atoms with Crippen LogP contribution in [0.15, 0.2) is 73.1 Å². The van der Waals surface area contributed by atoms with Gasteiger partial charge < -0.3 is 20.1 Å². The molecular weight excluding hydrogens is 470 g/mol. The van der Waals surface area contributed by atoms with Gasteiger partial charge in [-0.25, -0.2) is 4.90 Å². The van der Waals surface area contributed by atoms with E-state index in [-0.39, 0.29) is 12.5 Å². The summed E-state index contributed by atoms with van der Waals surface area (Å²) < 4.78 is 2.21. The number of hydrogen-bond acceptors (Lipinski definition) is 6. The van der Waals surface area contributed by atoms with Crippen molar-refractivity contribution in [2.24, 2.45) is 11.5 Å². The van der Waals surface area contributed by atoms with E-state index < -0.39 is 0 Å². The number of likely N-dealkylation sites (tertiary alicyclic amines) is 1. The maximum Gasteiger partial charge on any atom is 0.136 e. The van der Waals surface area contributed by atoms with E-state index in [0.29, 0.717) is 6.04 Å². The van der Waals surface area contributed by atoms with E-state index in [1.165, 1.54) is 22.5 Å². The third kappa shape index (κ3) is 5.67. The largest absolute Gasteiger partial charge is 0.343 e. The highest BCUT2D eigenvalue weighted by Crippen LogP contribution is 2.38. The number of nitrogens with zero attached hydrogens (tertiary/aromatic N) is 5. The molecule has 0 aliphatic carbocycles. The van der Waals surface area contributed by atoms with Crippen LogP contribution in [0.5, 0.6) is 0 Å². The highest BCUT2D eigenvalue weighted by molar-refractivity contribution is 5.57. The maximum atomic E-state index is 7.02. The topological polar surface area (TPSA) is 69.9 Å². The first-order valence-corrected chi connectivity index (χ1v) is 14.4. The van der Waals surface area contributed by atoms with Crippen molar-refractivity contribution in [2.75, 3.05) is 44.2 Å². The van der Waals surface area contributed by atoms with E-state index in [4.69, 9.17) is 11.5 Å². The van der Waals surface area contributed by atoms with Gasteiger partial charge in [-0.1, -0.05) is 50.2 Å². The lowest BCUT2D eigenvalue weighted by atomic mass is 9.97. The van der Waals surface area contributed by atoms with Gasteiger partial charge in [-0.05, 0) is 81.8 Å². The second-order valence-electron chi connectivity index (χ2n) is 10.7. The predicted octanol–water partition coefficient (Wildman–Crippen LogP) is 4.20. The van der Waals surface area contributed by atoms with Gasteiger partial charge in [0, 0.05) is 48.5 Å². The number of nitrogens with two attached hydrogens (primary N) is 2. The van der Waals surface area contributed by atoms with Gasteiger partial charge in [0.15, 0.2) is 0 Å². The number of fused-ring (bicyclic) bond motifs is 1. The summed E-state index contributed by atoms with van der Waals surface area (Å²) in [6.07, 6.45) is 7.09. The number of hydrogen-bond donors (Lipinski definition) is 2. The first-order chi connectivity index (χ1) is 18.6. The molecule has 2 aliphatic rings. The molecular formula is C31H45N7. The summed E-state index contributed by atoms with van der Waals surface area (Å²) >= 11 is 0. The molecule has 204 valence electrons. The molecule has 1 fully saturated rings. The number of anilines is 1. The van der Waals surface area contributed by atoms with E-state index in [2.05, 4.69) is 111 Å². The smallest absolute Gasteiger partial charge is 0.136 e. The van der Waals surface area contributed by atoms with Gasteiger partial charge in [-0.2, -0.15) is 0 Å². The molecule has 0 saturated carbocycles. The minimum absolute atomic E-state index is 0.175. The fraction of sp³-hybridized carbons (Fsp3) is 0.484. The lowest BCUT2D eigenvalue weighted by Gasteiger charge is -2.51. The molecule has 0 amide bonds. The van der Waals surface area contributed by atoms with Crippen LogP contribution in [0, 0.1) is 0 Å².